The Bertz CT molecular complexity index is 832. The van der Waals surface area contributed by atoms with Gasteiger partial charge in [-0.15, -0.1) is 0 Å². The number of hydrogen-bond acceptors (Lipinski definition) is 3. The second kappa shape index (κ2) is 7.60. The molecule has 5 heteroatoms. The molecule has 0 aromatic heterocycles. The van der Waals surface area contributed by atoms with Gasteiger partial charge in [-0.05, 0) is 48.9 Å². The van der Waals surface area contributed by atoms with Crippen LogP contribution in [0, 0.1) is 6.92 Å². The Morgan fingerprint density at radius 1 is 1.19 bits per heavy atom. The van der Waals surface area contributed by atoms with Crippen molar-refractivity contribution in [2.45, 2.75) is 32.2 Å². The van der Waals surface area contributed by atoms with E-state index in [1.807, 2.05) is 43.1 Å². The predicted molar refractivity (Wildman–Crippen MR) is 103 cm³/mol. The van der Waals surface area contributed by atoms with E-state index in [4.69, 9.17) is 5.73 Å². The fraction of sp³-hybridized carbons (Fsp3) is 0.333. The van der Waals surface area contributed by atoms with Crippen molar-refractivity contribution < 1.29 is 9.59 Å². The van der Waals surface area contributed by atoms with E-state index in [9.17, 15) is 9.59 Å². The lowest BCUT2D eigenvalue weighted by Gasteiger charge is -2.33. The lowest BCUT2D eigenvalue weighted by molar-refractivity contribution is -0.130. The summed E-state index contributed by atoms with van der Waals surface area (Å²) in [5, 5.41) is 3.09. The molecule has 136 valence electrons. The number of nitrogens with two attached hydrogens (primary N) is 1. The highest BCUT2D eigenvalue weighted by molar-refractivity contribution is 6.00. The fourth-order valence-electron chi connectivity index (χ4n) is 3.74. The Kier molecular flexibility index (Phi) is 5.26. The molecular weight excluding hydrogens is 326 g/mol. The molecule has 1 aliphatic carbocycles. The van der Waals surface area contributed by atoms with Crippen molar-refractivity contribution in [3.63, 3.8) is 0 Å². The third-order valence-electron chi connectivity index (χ3n) is 5.15. The van der Waals surface area contributed by atoms with Crippen molar-refractivity contribution in [1.82, 2.24) is 4.90 Å². The van der Waals surface area contributed by atoms with Crippen LogP contribution in [-0.2, 0) is 11.2 Å². The van der Waals surface area contributed by atoms with Gasteiger partial charge in [0, 0.05) is 12.7 Å². The fourth-order valence-corrected chi connectivity index (χ4v) is 3.74. The molecule has 1 aliphatic rings. The standard InChI is InChI=1S/C21H25N3O2/c1-14-7-5-11-17(20(14)21(22)26)23-13-19(25)24(2)18-12-6-9-15-8-3-4-10-16(15)18/h3-5,7-8,10-11,18,23H,6,9,12-13H2,1-2H3,(H2,22,26)/t18-/m0/s1. The van der Waals surface area contributed by atoms with E-state index in [2.05, 4.69) is 17.4 Å². The molecular formula is C21H25N3O2. The second-order valence-electron chi connectivity index (χ2n) is 6.83. The molecule has 2 aromatic rings. The number of hydrogen-bond donors (Lipinski definition) is 2. The van der Waals surface area contributed by atoms with Gasteiger partial charge in [-0.1, -0.05) is 36.4 Å². The van der Waals surface area contributed by atoms with Crippen molar-refractivity contribution in [2.24, 2.45) is 5.73 Å². The normalized spacial score (nSPS) is 15.8. The van der Waals surface area contributed by atoms with Gasteiger partial charge < -0.3 is 16.0 Å². The minimum absolute atomic E-state index is 0.0105. The zero-order valence-electron chi connectivity index (χ0n) is 15.3. The number of primary amides is 1. The Balaban J connectivity index is 1.72. The van der Waals surface area contributed by atoms with Crippen LogP contribution in [0.4, 0.5) is 5.69 Å². The minimum atomic E-state index is -0.493. The number of amides is 2. The van der Waals surface area contributed by atoms with Crippen LogP contribution in [0.3, 0.4) is 0 Å². The highest BCUT2D eigenvalue weighted by Crippen LogP contribution is 2.33. The second-order valence-corrected chi connectivity index (χ2v) is 6.83. The Labute approximate surface area is 154 Å². The van der Waals surface area contributed by atoms with E-state index >= 15 is 0 Å². The Hall–Kier alpha value is -2.82. The third-order valence-corrected chi connectivity index (χ3v) is 5.15. The average Bonchev–Trinajstić information content (AvgIpc) is 2.64. The summed E-state index contributed by atoms with van der Waals surface area (Å²) in [4.78, 5) is 26.2. The number of nitrogens with one attached hydrogen (secondary N) is 1. The molecule has 0 saturated carbocycles. The molecule has 0 spiro atoms. The van der Waals surface area contributed by atoms with Gasteiger partial charge in [0.05, 0.1) is 18.2 Å². The molecule has 0 aliphatic heterocycles. The van der Waals surface area contributed by atoms with Crippen LogP contribution in [0.25, 0.3) is 0 Å². The summed E-state index contributed by atoms with van der Waals surface area (Å²) >= 11 is 0. The van der Waals surface area contributed by atoms with Gasteiger partial charge in [0.1, 0.15) is 0 Å². The van der Waals surface area contributed by atoms with Gasteiger partial charge in [-0.2, -0.15) is 0 Å². The molecule has 1 atom stereocenters. The van der Waals surface area contributed by atoms with E-state index in [1.165, 1.54) is 11.1 Å². The van der Waals surface area contributed by atoms with Gasteiger partial charge in [0.2, 0.25) is 5.91 Å². The van der Waals surface area contributed by atoms with Crippen LogP contribution < -0.4 is 11.1 Å². The van der Waals surface area contributed by atoms with Crippen LogP contribution >= 0.6 is 0 Å². The lowest BCUT2D eigenvalue weighted by Crippen LogP contribution is -2.37. The highest BCUT2D eigenvalue weighted by atomic mass is 16.2. The van der Waals surface area contributed by atoms with Crippen LogP contribution in [0.1, 0.15) is 45.9 Å². The molecule has 3 rings (SSSR count). The lowest BCUT2D eigenvalue weighted by atomic mass is 9.87. The van der Waals surface area contributed by atoms with Crippen LogP contribution in [-0.4, -0.2) is 30.3 Å². The zero-order chi connectivity index (χ0) is 18.7. The molecule has 0 radical (unpaired) electrons. The van der Waals surface area contributed by atoms with Gasteiger partial charge in [0.15, 0.2) is 0 Å². The molecule has 0 fully saturated rings. The number of carbonyl (C=O) groups is 2. The molecule has 0 unspecified atom stereocenters. The molecule has 0 saturated heterocycles. The first-order valence-electron chi connectivity index (χ1n) is 8.95. The van der Waals surface area contributed by atoms with Gasteiger partial charge >= 0.3 is 0 Å². The van der Waals surface area contributed by atoms with E-state index in [0.29, 0.717) is 11.3 Å². The predicted octanol–water partition coefficient (Wildman–Crippen LogP) is 3.04. The smallest absolute Gasteiger partial charge is 0.251 e. The first kappa shape index (κ1) is 18.0. The van der Waals surface area contributed by atoms with E-state index in [1.54, 1.807) is 6.07 Å². The largest absolute Gasteiger partial charge is 0.375 e. The number of fused-ring (bicyclic) bond motifs is 1. The number of anilines is 1. The molecule has 0 heterocycles. The Morgan fingerprint density at radius 2 is 1.96 bits per heavy atom. The zero-order valence-corrected chi connectivity index (χ0v) is 15.3. The first-order valence-corrected chi connectivity index (χ1v) is 8.95. The summed E-state index contributed by atoms with van der Waals surface area (Å²) in [6.07, 6.45) is 3.12. The number of nitrogens with zero attached hydrogens (tertiary/aromatic N) is 1. The molecule has 5 nitrogen and oxygen atoms in total. The van der Waals surface area contributed by atoms with E-state index in [0.717, 1.165) is 24.8 Å². The molecule has 3 N–H and O–H groups in total. The van der Waals surface area contributed by atoms with Crippen LogP contribution in [0.15, 0.2) is 42.5 Å². The quantitative estimate of drug-likeness (QED) is 0.869. The summed E-state index contributed by atoms with van der Waals surface area (Å²) < 4.78 is 0. The summed E-state index contributed by atoms with van der Waals surface area (Å²) in [7, 11) is 1.85. The van der Waals surface area contributed by atoms with Gasteiger partial charge in [-0.3, -0.25) is 9.59 Å². The van der Waals surface area contributed by atoms with Crippen molar-refractivity contribution in [2.75, 3.05) is 18.9 Å². The average molecular weight is 351 g/mol. The van der Waals surface area contributed by atoms with Crippen molar-refractivity contribution >= 4 is 17.5 Å². The summed E-state index contributed by atoms with van der Waals surface area (Å²) in [6, 6.07) is 13.9. The number of rotatable bonds is 5. The summed E-state index contributed by atoms with van der Waals surface area (Å²) in [5.74, 6) is -0.503. The number of benzene rings is 2. The third kappa shape index (κ3) is 3.57. The number of aryl methyl sites for hydroxylation is 2. The first-order chi connectivity index (χ1) is 12.5. The maximum absolute atomic E-state index is 12.7. The van der Waals surface area contributed by atoms with Crippen molar-refractivity contribution in [3.05, 3.63) is 64.7 Å². The van der Waals surface area contributed by atoms with Crippen molar-refractivity contribution in [3.8, 4) is 0 Å². The maximum atomic E-state index is 12.7. The van der Waals surface area contributed by atoms with E-state index < -0.39 is 5.91 Å². The SMILES string of the molecule is Cc1cccc(NCC(=O)N(C)[C@H]2CCCc3ccccc32)c1C(N)=O. The van der Waals surface area contributed by atoms with Gasteiger partial charge in [0.25, 0.3) is 5.91 Å². The monoisotopic (exact) mass is 351 g/mol. The minimum Gasteiger partial charge on any atom is -0.375 e. The van der Waals surface area contributed by atoms with Crippen LogP contribution in [0.2, 0.25) is 0 Å². The van der Waals surface area contributed by atoms with Gasteiger partial charge in [-0.25, -0.2) is 0 Å². The number of carbonyl (C=O) groups excluding carboxylic acids is 2. The van der Waals surface area contributed by atoms with Crippen LogP contribution in [0.5, 0.6) is 0 Å². The topological polar surface area (TPSA) is 75.4 Å². The summed E-state index contributed by atoms with van der Waals surface area (Å²) in [5.41, 5.74) is 9.87. The number of likely N-dealkylation sites (N-methyl/N-ethyl adjacent to an activating group) is 1. The highest BCUT2D eigenvalue weighted by Gasteiger charge is 2.26. The molecule has 2 amide bonds. The van der Waals surface area contributed by atoms with E-state index in [-0.39, 0.29) is 18.5 Å². The molecule has 26 heavy (non-hydrogen) atoms. The molecule has 2 aromatic carbocycles. The van der Waals surface area contributed by atoms with Crippen molar-refractivity contribution in [1.29, 1.82) is 0 Å². The molecule has 0 bridgehead atoms. The Morgan fingerprint density at radius 3 is 2.73 bits per heavy atom. The maximum Gasteiger partial charge on any atom is 0.251 e. The summed E-state index contributed by atoms with van der Waals surface area (Å²) in [6.45, 7) is 1.96.